The zero-order valence-corrected chi connectivity index (χ0v) is 18.1. The van der Waals surface area contributed by atoms with Crippen LogP contribution < -0.4 is 10.6 Å². The summed E-state index contributed by atoms with van der Waals surface area (Å²) in [5, 5.41) is 5.94. The van der Waals surface area contributed by atoms with Crippen LogP contribution in [-0.4, -0.2) is 41.4 Å². The third-order valence-corrected chi connectivity index (χ3v) is 6.14. The molecule has 2 aliphatic rings. The van der Waals surface area contributed by atoms with E-state index in [0.29, 0.717) is 26.1 Å². The van der Waals surface area contributed by atoms with E-state index in [1.165, 1.54) is 24.0 Å². The normalized spacial score (nSPS) is 16.6. The number of carbonyl (C=O) groups excluding carboxylic acids is 2. The Morgan fingerprint density at radius 1 is 0.806 bits per heavy atom. The number of urea groups is 1. The fraction of sp³-hybridized carbons (Fsp3) is 0.440. The minimum atomic E-state index is -0.170. The van der Waals surface area contributed by atoms with Gasteiger partial charge < -0.3 is 15.5 Å². The first-order chi connectivity index (χ1) is 15.2. The van der Waals surface area contributed by atoms with Crippen molar-refractivity contribution in [3.63, 3.8) is 0 Å². The van der Waals surface area contributed by atoms with Gasteiger partial charge in [0.15, 0.2) is 0 Å². The van der Waals surface area contributed by atoms with Gasteiger partial charge in [-0.2, -0.15) is 0 Å². The molecule has 6 nitrogen and oxygen atoms in total. The van der Waals surface area contributed by atoms with Gasteiger partial charge in [0.2, 0.25) is 5.91 Å². The molecular weight excluding hydrogens is 388 g/mol. The van der Waals surface area contributed by atoms with E-state index in [1.54, 1.807) is 0 Å². The Morgan fingerprint density at radius 2 is 1.55 bits per heavy atom. The second kappa shape index (κ2) is 10.4. The van der Waals surface area contributed by atoms with E-state index in [4.69, 9.17) is 0 Å². The number of hydrogen-bond acceptors (Lipinski definition) is 3. The van der Waals surface area contributed by atoms with Crippen molar-refractivity contribution >= 4 is 11.9 Å². The lowest BCUT2D eigenvalue weighted by molar-refractivity contribution is -0.128. The first-order valence-corrected chi connectivity index (χ1v) is 11.3. The number of nitrogens with one attached hydrogen (secondary N) is 2. The Morgan fingerprint density at radius 3 is 2.32 bits per heavy atom. The standard InChI is InChI=1S/C25H32N4O2/c30-24-11-6-14-29(24)18-21-8-5-7-20(15-21)16-26-25(31)27-17-22-9-1-2-10-23(22)19-28-12-3-4-13-28/h1-2,5,7-10,15H,3-4,6,11-14,16-19H2,(H2,26,27,31). The molecule has 0 aliphatic carbocycles. The molecule has 2 aromatic rings. The second-order valence-electron chi connectivity index (χ2n) is 8.53. The monoisotopic (exact) mass is 420 g/mol. The number of amides is 3. The topological polar surface area (TPSA) is 64.7 Å². The van der Waals surface area contributed by atoms with Gasteiger partial charge in [0.05, 0.1) is 0 Å². The first-order valence-electron chi connectivity index (χ1n) is 11.3. The van der Waals surface area contributed by atoms with Crippen LogP contribution in [0.15, 0.2) is 48.5 Å². The molecule has 0 saturated carbocycles. The first kappa shape index (κ1) is 21.4. The van der Waals surface area contributed by atoms with Gasteiger partial charge >= 0.3 is 6.03 Å². The Labute approximate surface area is 184 Å². The maximum absolute atomic E-state index is 12.4. The average Bonchev–Trinajstić information content (AvgIpc) is 3.44. The van der Waals surface area contributed by atoms with Gasteiger partial charge in [-0.15, -0.1) is 0 Å². The van der Waals surface area contributed by atoms with Crippen LogP contribution >= 0.6 is 0 Å². The number of rotatable bonds is 8. The van der Waals surface area contributed by atoms with Crippen LogP contribution in [-0.2, 0) is 31.0 Å². The van der Waals surface area contributed by atoms with Gasteiger partial charge in [-0.05, 0) is 54.6 Å². The van der Waals surface area contributed by atoms with Crippen LogP contribution in [0.4, 0.5) is 4.79 Å². The Kier molecular flexibility index (Phi) is 7.20. The highest BCUT2D eigenvalue weighted by atomic mass is 16.2. The summed E-state index contributed by atoms with van der Waals surface area (Å²) in [7, 11) is 0. The van der Waals surface area contributed by atoms with Crippen LogP contribution in [0, 0.1) is 0 Å². The molecule has 2 heterocycles. The number of benzene rings is 2. The van der Waals surface area contributed by atoms with Crippen LogP contribution in [0.25, 0.3) is 0 Å². The smallest absolute Gasteiger partial charge is 0.315 e. The summed E-state index contributed by atoms with van der Waals surface area (Å²) in [6.45, 7) is 5.73. The van der Waals surface area contributed by atoms with E-state index in [1.807, 2.05) is 29.2 Å². The lowest BCUT2D eigenvalue weighted by Crippen LogP contribution is -2.35. The van der Waals surface area contributed by atoms with Crippen molar-refractivity contribution in [3.8, 4) is 0 Å². The molecule has 0 spiro atoms. The molecule has 4 rings (SSSR count). The minimum Gasteiger partial charge on any atom is -0.338 e. The number of carbonyl (C=O) groups is 2. The lowest BCUT2D eigenvalue weighted by Gasteiger charge is -2.18. The number of likely N-dealkylation sites (tertiary alicyclic amines) is 2. The number of hydrogen-bond donors (Lipinski definition) is 2. The van der Waals surface area contributed by atoms with Crippen molar-refractivity contribution in [1.82, 2.24) is 20.4 Å². The van der Waals surface area contributed by atoms with E-state index in [0.717, 1.165) is 43.7 Å². The summed E-state index contributed by atoms with van der Waals surface area (Å²) >= 11 is 0. The highest BCUT2D eigenvalue weighted by molar-refractivity contribution is 5.78. The highest BCUT2D eigenvalue weighted by Gasteiger charge is 2.20. The average molecular weight is 421 g/mol. The molecule has 2 aliphatic heterocycles. The van der Waals surface area contributed by atoms with Crippen molar-refractivity contribution in [2.75, 3.05) is 19.6 Å². The summed E-state index contributed by atoms with van der Waals surface area (Å²) in [4.78, 5) is 28.6. The van der Waals surface area contributed by atoms with E-state index >= 15 is 0 Å². The molecule has 31 heavy (non-hydrogen) atoms. The summed E-state index contributed by atoms with van der Waals surface area (Å²) in [6.07, 6.45) is 4.15. The molecule has 6 heteroatoms. The third kappa shape index (κ3) is 6.07. The summed E-state index contributed by atoms with van der Waals surface area (Å²) in [6, 6.07) is 16.3. The molecule has 0 radical (unpaired) electrons. The zero-order valence-electron chi connectivity index (χ0n) is 18.1. The maximum atomic E-state index is 12.4. The van der Waals surface area contributed by atoms with Crippen molar-refractivity contribution in [2.24, 2.45) is 0 Å². The number of nitrogens with zero attached hydrogens (tertiary/aromatic N) is 2. The van der Waals surface area contributed by atoms with Gasteiger partial charge in [0, 0.05) is 39.1 Å². The molecule has 2 N–H and O–H groups in total. The molecule has 2 fully saturated rings. The molecule has 164 valence electrons. The SMILES string of the molecule is O=C(NCc1cccc(CN2CCCC2=O)c1)NCc1ccccc1CN1CCCC1. The van der Waals surface area contributed by atoms with Crippen LogP contribution in [0.5, 0.6) is 0 Å². The lowest BCUT2D eigenvalue weighted by atomic mass is 10.1. The maximum Gasteiger partial charge on any atom is 0.315 e. The van der Waals surface area contributed by atoms with Crippen molar-refractivity contribution < 1.29 is 9.59 Å². The van der Waals surface area contributed by atoms with Gasteiger partial charge in [0.1, 0.15) is 0 Å². The second-order valence-corrected chi connectivity index (χ2v) is 8.53. The molecule has 0 aromatic heterocycles. The van der Waals surface area contributed by atoms with E-state index in [9.17, 15) is 9.59 Å². The largest absolute Gasteiger partial charge is 0.338 e. The predicted molar refractivity (Wildman–Crippen MR) is 121 cm³/mol. The van der Waals surface area contributed by atoms with Gasteiger partial charge in [0.25, 0.3) is 0 Å². The van der Waals surface area contributed by atoms with Crippen molar-refractivity contribution in [2.45, 2.75) is 51.9 Å². The fourth-order valence-electron chi connectivity index (χ4n) is 4.42. The van der Waals surface area contributed by atoms with Gasteiger partial charge in [-0.3, -0.25) is 9.69 Å². The zero-order chi connectivity index (χ0) is 21.5. The fourth-order valence-corrected chi connectivity index (χ4v) is 4.42. The molecule has 3 amide bonds. The highest BCUT2D eigenvalue weighted by Crippen LogP contribution is 2.17. The summed E-state index contributed by atoms with van der Waals surface area (Å²) < 4.78 is 0. The minimum absolute atomic E-state index is 0.170. The quantitative estimate of drug-likeness (QED) is 0.688. The predicted octanol–water partition coefficient (Wildman–Crippen LogP) is 3.40. The Bertz CT molecular complexity index is 908. The van der Waals surface area contributed by atoms with Crippen LogP contribution in [0.2, 0.25) is 0 Å². The van der Waals surface area contributed by atoms with Gasteiger partial charge in [-0.1, -0.05) is 48.5 Å². The van der Waals surface area contributed by atoms with Crippen molar-refractivity contribution in [3.05, 3.63) is 70.8 Å². The molecule has 0 bridgehead atoms. The van der Waals surface area contributed by atoms with Crippen molar-refractivity contribution in [1.29, 1.82) is 0 Å². The van der Waals surface area contributed by atoms with E-state index in [2.05, 4.69) is 39.8 Å². The Hall–Kier alpha value is -2.86. The summed E-state index contributed by atoms with van der Waals surface area (Å²) in [5.41, 5.74) is 4.59. The molecule has 2 saturated heterocycles. The summed E-state index contributed by atoms with van der Waals surface area (Å²) in [5.74, 6) is 0.230. The van der Waals surface area contributed by atoms with Crippen LogP contribution in [0.1, 0.15) is 47.9 Å². The molecular formula is C25H32N4O2. The van der Waals surface area contributed by atoms with E-state index < -0.39 is 0 Å². The van der Waals surface area contributed by atoms with Crippen LogP contribution in [0.3, 0.4) is 0 Å². The third-order valence-electron chi connectivity index (χ3n) is 6.14. The molecule has 2 aromatic carbocycles. The Balaban J connectivity index is 1.25. The molecule has 0 atom stereocenters. The molecule has 0 unspecified atom stereocenters. The van der Waals surface area contributed by atoms with E-state index in [-0.39, 0.29) is 11.9 Å². The van der Waals surface area contributed by atoms with Gasteiger partial charge in [-0.25, -0.2) is 4.79 Å².